The highest BCUT2D eigenvalue weighted by atomic mass is 32.2. The van der Waals surface area contributed by atoms with Crippen molar-refractivity contribution < 1.29 is 25.2 Å². The monoisotopic (exact) mass is 400 g/mol. The van der Waals surface area contributed by atoms with Crippen molar-refractivity contribution in [1.82, 2.24) is 0 Å². The second-order valence-electron chi connectivity index (χ2n) is 7.50. The third-order valence-electron chi connectivity index (χ3n) is 4.40. The van der Waals surface area contributed by atoms with Crippen molar-refractivity contribution in [2.75, 3.05) is 24.7 Å². The number of rotatable bonds is 14. The Balaban J connectivity index is 5.36. The molecule has 0 N–H and O–H groups in total. The van der Waals surface area contributed by atoms with Crippen LogP contribution in [0.4, 0.5) is 0 Å². The van der Waals surface area contributed by atoms with Gasteiger partial charge in [-0.3, -0.25) is 8.37 Å². The molecule has 0 atom stereocenters. The standard InChI is InChI=1S/C17H36O6S2/c1-7-11-24(18,19)22-13-17(16(5)6,10-9-15(3)4)14-23-25(20,21)12-8-2/h15-16H,7-14H2,1-6H3. The summed E-state index contributed by atoms with van der Waals surface area (Å²) in [6, 6.07) is 0. The second-order valence-corrected chi connectivity index (χ2v) is 11.0. The molecule has 8 heteroatoms. The van der Waals surface area contributed by atoms with E-state index in [9.17, 15) is 16.8 Å². The van der Waals surface area contributed by atoms with E-state index >= 15 is 0 Å². The average Bonchev–Trinajstić information content (AvgIpc) is 2.46. The van der Waals surface area contributed by atoms with Crippen LogP contribution in [-0.2, 0) is 28.6 Å². The fourth-order valence-electron chi connectivity index (χ4n) is 2.42. The lowest BCUT2D eigenvalue weighted by atomic mass is 9.74. The predicted octanol–water partition coefficient (Wildman–Crippen LogP) is 3.58. The first kappa shape index (κ1) is 24.8. The molecule has 0 radical (unpaired) electrons. The lowest BCUT2D eigenvalue weighted by Crippen LogP contribution is -2.40. The summed E-state index contributed by atoms with van der Waals surface area (Å²) in [5.74, 6) is 0.346. The van der Waals surface area contributed by atoms with Gasteiger partial charge in [0.1, 0.15) is 0 Å². The Morgan fingerprint density at radius 2 is 1.20 bits per heavy atom. The smallest absolute Gasteiger partial charge is 0.267 e. The maximum atomic E-state index is 12.0. The normalized spacial score (nSPS) is 13.8. The van der Waals surface area contributed by atoms with Gasteiger partial charge in [-0.05, 0) is 31.1 Å². The van der Waals surface area contributed by atoms with Crippen LogP contribution >= 0.6 is 0 Å². The van der Waals surface area contributed by atoms with Gasteiger partial charge in [0.05, 0.1) is 24.7 Å². The van der Waals surface area contributed by atoms with E-state index < -0.39 is 25.7 Å². The van der Waals surface area contributed by atoms with E-state index in [2.05, 4.69) is 13.8 Å². The van der Waals surface area contributed by atoms with Gasteiger partial charge in [0.2, 0.25) is 0 Å². The molecule has 0 aromatic heterocycles. The lowest BCUT2D eigenvalue weighted by molar-refractivity contribution is 0.0294. The summed E-state index contributed by atoms with van der Waals surface area (Å²) in [6.07, 6.45) is 2.44. The van der Waals surface area contributed by atoms with Gasteiger partial charge in [-0.2, -0.15) is 16.8 Å². The van der Waals surface area contributed by atoms with Gasteiger partial charge < -0.3 is 0 Å². The summed E-state index contributed by atoms with van der Waals surface area (Å²) >= 11 is 0. The van der Waals surface area contributed by atoms with E-state index in [0.29, 0.717) is 25.2 Å². The molecular formula is C17H36O6S2. The van der Waals surface area contributed by atoms with Gasteiger partial charge in [0.25, 0.3) is 20.2 Å². The minimum Gasteiger partial charge on any atom is -0.269 e. The van der Waals surface area contributed by atoms with Gasteiger partial charge in [-0.15, -0.1) is 0 Å². The van der Waals surface area contributed by atoms with Crippen molar-refractivity contribution in [1.29, 1.82) is 0 Å². The molecule has 0 heterocycles. The minimum absolute atomic E-state index is 0.0138. The first-order valence-corrected chi connectivity index (χ1v) is 12.3. The van der Waals surface area contributed by atoms with Crippen LogP contribution in [0.25, 0.3) is 0 Å². The summed E-state index contributed by atoms with van der Waals surface area (Å²) in [5.41, 5.74) is -0.661. The molecule has 0 aliphatic heterocycles. The van der Waals surface area contributed by atoms with Crippen LogP contribution in [0.15, 0.2) is 0 Å². The van der Waals surface area contributed by atoms with E-state index in [4.69, 9.17) is 8.37 Å². The van der Waals surface area contributed by atoms with Crippen LogP contribution in [0.1, 0.15) is 67.2 Å². The van der Waals surface area contributed by atoms with Crippen molar-refractivity contribution >= 4 is 20.2 Å². The highest BCUT2D eigenvalue weighted by Gasteiger charge is 2.37. The molecule has 0 spiro atoms. The Morgan fingerprint density at radius 3 is 1.48 bits per heavy atom. The lowest BCUT2D eigenvalue weighted by Gasteiger charge is -2.37. The van der Waals surface area contributed by atoms with Crippen molar-refractivity contribution in [3.8, 4) is 0 Å². The van der Waals surface area contributed by atoms with E-state index in [1.807, 2.05) is 13.8 Å². The number of hydrogen-bond acceptors (Lipinski definition) is 6. The van der Waals surface area contributed by atoms with Crippen molar-refractivity contribution in [3.63, 3.8) is 0 Å². The molecule has 0 unspecified atom stereocenters. The molecule has 0 aromatic rings. The van der Waals surface area contributed by atoms with Gasteiger partial charge in [-0.1, -0.05) is 48.0 Å². The zero-order valence-corrected chi connectivity index (χ0v) is 18.2. The molecule has 0 amide bonds. The SMILES string of the molecule is CCCS(=O)(=O)OCC(CCC(C)C)(COS(=O)(=O)CCC)C(C)C. The van der Waals surface area contributed by atoms with Crippen LogP contribution in [-0.4, -0.2) is 41.6 Å². The van der Waals surface area contributed by atoms with Crippen molar-refractivity contribution in [2.24, 2.45) is 17.3 Å². The van der Waals surface area contributed by atoms with Crippen LogP contribution in [0.5, 0.6) is 0 Å². The molecule has 0 aliphatic carbocycles. The summed E-state index contributed by atoms with van der Waals surface area (Å²) in [6.45, 7) is 11.5. The average molecular weight is 401 g/mol. The summed E-state index contributed by atoms with van der Waals surface area (Å²) in [5, 5.41) is 0. The molecule has 0 saturated heterocycles. The topological polar surface area (TPSA) is 86.7 Å². The molecular weight excluding hydrogens is 364 g/mol. The van der Waals surface area contributed by atoms with Gasteiger partial charge >= 0.3 is 0 Å². The molecule has 0 saturated carbocycles. The Morgan fingerprint density at radius 1 is 0.800 bits per heavy atom. The minimum atomic E-state index is -3.61. The Bertz CT molecular complexity index is 524. The highest BCUT2D eigenvalue weighted by Crippen LogP contribution is 2.36. The first-order valence-electron chi connectivity index (χ1n) is 9.14. The number of hydrogen-bond donors (Lipinski definition) is 0. The molecule has 0 aliphatic rings. The highest BCUT2D eigenvalue weighted by molar-refractivity contribution is 7.86. The maximum Gasteiger partial charge on any atom is 0.267 e. The Labute approximate surface area is 154 Å². The van der Waals surface area contributed by atoms with Crippen molar-refractivity contribution in [3.05, 3.63) is 0 Å². The predicted molar refractivity (Wildman–Crippen MR) is 101 cm³/mol. The molecule has 6 nitrogen and oxygen atoms in total. The molecule has 0 bridgehead atoms. The fraction of sp³-hybridized carbons (Fsp3) is 1.00. The third kappa shape index (κ3) is 9.92. The first-order chi connectivity index (χ1) is 11.4. The van der Waals surface area contributed by atoms with Crippen LogP contribution in [0, 0.1) is 17.3 Å². The maximum absolute atomic E-state index is 12.0. The Kier molecular flexibility index (Phi) is 10.8. The fourth-order valence-corrected chi connectivity index (χ4v) is 4.48. The quantitative estimate of drug-likeness (QED) is 0.414. The van der Waals surface area contributed by atoms with E-state index in [1.54, 1.807) is 13.8 Å². The summed E-state index contributed by atoms with van der Waals surface area (Å²) < 4.78 is 58.3. The molecule has 0 rings (SSSR count). The van der Waals surface area contributed by atoms with E-state index in [-0.39, 0.29) is 30.6 Å². The molecule has 152 valence electrons. The third-order valence-corrected chi connectivity index (χ3v) is 7.17. The van der Waals surface area contributed by atoms with E-state index in [0.717, 1.165) is 6.42 Å². The van der Waals surface area contributed by atoms with Crippen LogP contribution in [0.3, 0.4) is 0 Å². The zero-order valence-electron chi connectivity index (χ0n) is 16.6. The van der Waals surface area contributed by atoms with Crippen LogP contribution in [0.2, 0.25) is 0 Å². The molecule has 0 aromatic carbocycles. The van der Waals surface area contributed by atoms with E-state index in [1.165, 1.54) is 0 Å². The summed E-state index contributed by atoms with van der Waals surface area (Å²) in [7, 11) is -7.21. The van der Waals surface area contributed by atoms with Gasteiger partial charge in [0.15, 0.2) is 0 Å². The second kappa shape index (κ2) is 10.8. The zero-order chi connectivity index (χ0) is 19.7. The van der Waals surface area contributed by atoms with Gasteiger partial charge in [0, 0.05) is 5.41 Å². The Hall–Kier alpha value is -0.180. The van der Waals surface area contributed by atoms with Crippen molar-refractivity contribution in [2.45, 2.75) is 67.2 Å². The summed E-state index contributed by atoms with van der Waals surface area (Å²) in [4.78, 5) is 0. The van der Waals surface area contributed by atoms with Gasteiger partial charge in [-0.25, -0.2) is 0 Å². The molecule has 0 fully saturated rings. The largest absolute Gasteiger partial charge is 0.269 e. The molecule has 25 heavy (non-hydrogen) atoms. The van der Waals surface area contributed by atoms with Crippen LogP contribution < -0.4 is 0 Å².